The van der Waals surface area contributed by atoms with Gasteiger partial charge in [-0.25, -0.2) is 4.79 Å². The number of para-hydroxylation sites is 1. The Hall–Kier alpha value is -2.82. The highest BCUT2D eigenvalue weighted by molar-refractivity contribution is 5.87. The molecule has 1 heterocycles. The predicted octanol–water partition coefficient (Wildman–Crippen LogP) is 2.74. The van der Waals surface area contributed by atoms with Crippen molar-refractivity contribution in [3.63, 3.8) is 0 Å². The van der Waals surface area contributed by atoms with Crippen LogP contribution in [0.2, 0.25) is 0 Å². The fourth-order valence-electron chi connectivity index (χ4n) is 3.78. The third kappa shape index (κ3) is 2.76. The Morgan fingerprint density at radius 3 is 2.68 bits per heavy atom. The first-order valence-electron chi connectivity index (χ1n) is 8.42. The maximum atomic E-state index is 12.6. The topological polar surface area (TPSA) is 75.6 Å². The molecule has 2 N–H and O–H groups in total. The number of hydrogen-bond acceptors (Lipinski definition) is 3. The van der Waals surface area contributed by atoms with Crippen molar-refractivity contribution in [2.24, 2.45) is 5.92 Å². The molecule has 25 heavy (non-hydrogen) atoms. The highest BCUT2D eigenvalue weighted by Crippen LogP contribution is 2.60. The number of ether oxygens (including phenoxy) is 1. The third-order valence-corrected chi connectivity index (χ3v) is 5.29. The van der Waals surface area contributed by atoms with Gasteiger partial charge in [0.05, 0.1) is 12.2 Å². The average Bonchev–Trinajstić information content (AvgIpc) is 3.35. The molecule has 0 bridgehead atoms. The van der Waals surface area contributed by atoms with Crippen LogP contribution in [0, 0.1) is 5.92 Å². The van der Waals surface area contributed by atoms with Gasteiger partial charge in [-0.1, -0.05) is 30.3 Å². The second kappa shape index (κ2) is 5.92. The first-order valence-corrected chi connectivity index (χ1v) is 8.42. The van der Waals surface area contributed by atoms with E-state index in [0.717, 1.165) is 29.7 Å². The molecule has 1 saturated carbocycles. The van der Waals surface area contributed by atoms with Crippen molar-refractivity contribution >= 4 is 11.9 Å². The zero-order chi connectivity index (χ0) is 17.4. The lowest BCUT2D eigenvalue weighted by Crippen LogP contribution is -2.30. The van der Waals surface area contributed by atoms with Crippen molar-refractivity contribution in [1.29, 1.82) is 0 Å². The van der Waals surface area contributed by atoms with E-state index in [0.29, 0.717) is 13.2 Å². The number of carboxylic acid groups (broad SMARTS) is 1. The maximum Gasteiger partial charge on any atom is 0.335 e. The van der Waals surface area contributed by atoms with Crippen LogP contribution in [0.5, 0.6) is 5.75 Å². The fraction of sp³-hybridized carbons (Fsp3) is 0.300. The van der Waals surface area contributed by atoms with E-state index in [9.17, 15) is 9.59 Å². The van der Waals surface area contributed by atoms with Gasteiger partial charge in [-0.15, -0.1) is 0 Å². The number of carboxylic acids is 1. The van der Waals surface area contributed by atoms with Gasteiger partial charge < -0.3 is 15.2 Å². The highest BCUT2D eigenvalue weighted by Gasteiger charge is 2.60. The van der Waals surface area contributed by atoms with Crippen LogP contribution in [0.3, 0.4) is 0 Å². The number of aromatic carboxylic acids is 1. The molecule has 1 fully saturated rings. The number of benzene rings is 2. The number of amides is 1. The Balaban J connectivity index is 1.41. The smallest absolute Gasteiger partial charge is 0.335 e. The van der Waals surface area contributed by atoms with E-state index in [1.54, 1.807) is 24.3 Å². The molecule has 128 valence electrons. The van der Waals surface area contributed by atoms with Crippen LogP contribution in [0.25, 0.3) is 0 Å². The minimum absolute atomic E-state index is 0.0177. The number of nitrogens with one attached hydrogen (secondary N) is 1. The zero-order valence-corrected chi connectivity index (χ0v) is 13.7. The lowest BCUT2D eigenvalue weighted by Gasteiger charge is -2.26. The van der Waals surface area contributed by atoms with E-state index in [-0.39, 0.29) is 22.8 Å². The van der Waals surface area contributed by atoms with E-state index < -0.39 is 5.97 Å². The molecular formula is C20H19NO4. The average molecular weight is 337 g/mol. The third-order valence-electron chi connectivity index (χ3n) is 5.29. The molecule has 1 aliphatic heterocycles. The van der Waals surface area contributed by atoms with Gasteiger partial charge in [0.1, 0.15) is 5.75 Å². The Kier molecular flexibility index (Phi) is 3.71. The first-order chi connectivity index (χ1) is 12.1. The molecule has 4 rings (SSSR count). The van der Waals surface area contributed by atoms with Crippen molar-refractivity contribution in [2.75, 3.05) is 6.61 Å². The van der Waals surface area contributed by atoms with Crippen LogP contribution < -0.4 is 10.1 Å². The van der Waals surface area contributed by atoms with Crippen molar-refractivity contribution in [3.8, 4) is 5.75 Å². The predicted molar refractivity (Wildman–Crippen MR) is 91.6 cm³/mol. The van der Waals surface area contributed by atoms with Gasteiger partial charge in [-0.3, -0.25) is 4.79 Å². The van der Waals surface area contributed by atoms with Crippen LogP contribution in [0.1, 0.15) is 34.3 Å². The Morgan fingerprint density at radius 1 is 1.16 bits per heavy atom. The summed E-state index contributed by atoms with van der Waals surface area (Å²) in [5, 5.41) is 11.9. The van der Waals surface area contributed by atoms with Gasteiger partial charge in [-0.2, -0.15) is 0 Å². The minimum atomic E-state index is -0.950. The molecule has 5 nitrogen and oxygen atoms in total. The van der Waals surface area contributed by atoms with Gasteiger partial charge in [0.15, 0.2) is 0 Å². The van der Waals surface area contributed by atoms with E-state index in [1.165, 1.54) is 0 Å². The van der Waals surface area contributed by atoms with Gasteiger partial charge in [0.2, 0.25) is 5.91 Å². The summed E-state index contributed by atoms with van der Waals surface area (Å²) >= 11 is 0. The largest absolute Gasteiger partial charge is 0.493 e. The normalized spacial score (nSPS) is 23.4. The van der Waals surface area contributed by atoms with Crippen LogP contribution in [0.4, 0.5) is 0 Å². The maximum absolute atomic E-state index is 12.6. The van der Waals surface area contributed by atoms with Crippen molar-refractivity contribution in [3.05, 3.63) is 65.2 Å². The van der Waals surface area contributed by atoms with Crippen LogP contribution >= 0.6 is 0 Å². The van der Waals surface area contributed by atoms with Gasteiger partial charge >= 0.3 is 5.97 Å². The molecule has 1 amide bonds. The molecule has 5 heteroatoms. The molecular weight excluding hydrogens is 318 g/mol. The number of carbonyl (C=O) groups excluding carboxylic acids is 1. The van der Waals surface area contributed by atoms with Crippen molar-refractivity contribution in [1.82, 2.24) is 5.32 Å². The monoisotopic (exact) mass is 337 g/mol. The minimum Gasteiger partial charge on any atom is -0.493 e. The Labute approximate surface area is 145 Å². The highest BCUT2D eigenvalue weighted by atomic mass is 16.5. The number of hydrogen-bond donors (Lipinski definition) is 2. The van der Waals surface area contributed by atoms with Crippen LogP contribution in [-0.4, -0.2) is 23.6 Å². The summed E-state index contributed by atoms with van der Waals surface area (Å²) in [5.74, 6) is -0.0168. The summed E-state index contributed by atoms with van der Waals surface area (Å²) in [7, 11) is 0. The van der Waals surface area contributed by atoms with Crippen molar-refractivity contribution in [2.45, 2.75) is 24.8 Å². The second-order valence-corrected chi connectivity index (χ2v) is 6.73. The molecule has 2 aromatic rings. The van der Waals surface area contributed by atoms with E-state index in [1.807, 2.05) is 18.2 Å². The van der Waals surface area contributed by atoms with Crippen LogP contribution in [0.15, 0.2) is 48.5 Å². The van der Waals surface area contributed by atoms with Crippen molar-refractivity contribution < 1.29 is 19.4 Å². The lowest BCUT2D eigenvalue weighted by molar-refractivity contribution is -0.123. The van der Waals surface area contributed by atoms with E-state index in [2.05, 4.69) is 11.4 Å². The van der Waals surface area contributed by atoms with E-state index >= 15 is 0 Å². The first kappa shape index (κ1) is 15.7. The quantitative estimate of drug-likeness (QED) is 0.899. The lowest BCUT2D eigenvalue weighted by atomic mass is 9.87. The second-order valence-electron chi connectivity index (χ2n) is 6.73. The number of fused-ring (bicyclic) bond motifs is 2. The summed E-state index contributed by atoms with van der Waals surface area (Å²) in [6.45, 7) is 1.06. The molecule has 0 radical (unpaired) electrons. The molecule has 2 atom stereocenters. The summed E-state index contributed by atoms with van der Waals surface area (Å²) in [5.41, 5.74) is 2.20. The van der Waals surface area contributed by atoms with E-state index in [4.69, 9.17) is 9.84 Å². The molecule has 1 spiro atoms. The summed E-state index contributed by atoms with van der Waals surface area (Å²) in [6.07, 6.45) is 1.73. The standard InChI is InChI=1S/C20H19NO4/c22-18(21-12-13-5-7-14(8-6-13)19(23)24)16-11-20(16)9-10-25-17-4-2-1-3-15(17)20/h1-8,16H,9-12H2,(H,21,22)(H,23,24)/t16-,20-/m0/s1. The Morgan fingerprint density at radius 2 is 1.92 bits per heavy atom. The summed E-state index contributed by atoms with van der Waals surface area (Å²) in [6, 6.07) is 14.5. The van der Waals surface area contributed by atoms with Crippen LogP contribution in [-0.2, 0) is 16.8 Å². The molecule has 1 aliphatic carbocycles. The van der Waals surface area contributed by atoms with Gasteiger partial charge in [0, 0.05) is 23.4 Å². The number of carbonyl (C=O) groups is 2. The number of rotatable bonds is 4. The zero-order valence-electron chi connectivity index (χ0n) is 13.7. The summed E-state index contributed by atoms with van der Waals surface area (Å²) < 4.78 is 5.71. The summed E-state index contributed by atoms with van der Waals surface area (Å²) in [4.78, 5) is 23.5. The Bertz CT molecular complexity index is 830. The van der Waals surface area contributed by atoms with Gasteiger partial charge in [0.25, 0.3) is 0 Å². The molecule has 0 aromatic heterocycles. The SMILES string of the molecule is O=C(O)c1ccc(CNC(=O)[C@@H]2C[C@]23CCOc2ccccc23)cc1. The fourth-order valence-corrected chi connectivity index (χ4v) is 3.78. The molecule has 0 unspecified atom stereocenters. The molecule has 0 saturated heterocycles. The molecule has 2 aliphatic rings. The van der Waals surface area contributed by atoms with Gasteiger partial charge in [-0.05, 0) is 36.6 Å². The molecule has 2 aromatic carbocycles.